The van der Waals surface area contributed by atoms with Crippen LogP contribution in [0.5, 0.6) is 23.0 Å². The second kappa shape index (κ2) is 5.53. The fourth-order valence-electron chi connectivity index (χ4n) is 4.04. The van der Waals surface area contributed by atoms with E-state index < -0.39 is 0 Å². The van der Waals surface area contributed by atoms with Crippen LogP contribution in [0.15, 0.2) is 36.5 Å². The number of aromatic nitrogens is 1. The second-order valence-electron chi connectivity index (χ2n) is 6.81. The number of methoxy groups -OCH3 is 2. The van der Waals surface area contributed by atoms with E-state index in [2.05, 4.69) is 42.0 Å². The Bertz CT molecular complexity index is 1040. The van der Waals surface area contributed by atoms with Crippen molar-refractivity contribution in [3.8, 4) is 34.3 Å². The van der Waals surface area contributed by atoms with Crippen molar-refractivity contribution in [2.75, 3.05) is 21.0 Å². The molecule has 0 saturated heterocycles. The summed E-state index contributed by atoms with van der Waals surface area (Å²) in [5, 5.41) is 2.17. The highest BCUT2D eigenvalue weighted by molar-refractivity contribution is 5.91. The summed E-state index contributed by atoms with van der Waals surface area (Å²) in [6.45, 7) is 3.43. The van der Waals surface area contributed by atoms with E-state index >= 15 is 0 Å². The first-order valence-electron chi connectivity index (χ1n) is 8.71. The Hall–Kier alpha value is -2.95. The Kier molecular flexibility index (Phi) is 3.26. The summed E-state index contributed by atoms with van der Waals surface area (Å²) in [7, 11) is 3.34. The number of pyridine rings is 1. The van der Waals surface area contributed by atoms with Gasteiger partial charge in [0.1, 0.15) is 0 Å². The average Bonchev–Trinajstić information content (AvgIpc) is 3.12. The van der Waals surface area contributed by atoms with Crippen LogP contribution >= 0.6 is 0 Å². The lowest BCUT2D eigenvalue weighted by Crippen LogP contribution is -2.41. The van der Waals surface area contributed by atoms with Crippen molar-refractivity contribution in [1.82, 2.24) is 0 Å². The summed E-state index contributed by atoms with van der Waals surface area (Å²) in [6, 6.07) is 10.5. The third kappa shape index (κ3) is 2.06. The predicted molar refractivity (Wildman–Crippen MR) is 97.2 cm³/mol. The van der Waals surface area contributed by atoms with E-state index in [1.807, 2.05) is 6.07 Å². The van der Waals surface area contributed by atoms with Crippen LogP contribution in [0.25, 0.3) is 22.0 Å². The van der Waals surface area contributed by atoms with E-state index in [0.717, 1.165) is 40.3 Å². The molecule has 0 aliphatic carbocycles. The van der Waals surface area contributed by atoms with E-state index in [1.54, 1.807) is 14.2 Å². The molecule has 3 heterocycles. The molecule has 1 unspecified atom stereocenters. The standard InChI is InChI=1S/C21H20NO4/c1-12-9-22-10-16-13(4-5-18(23-2)21(16)24-3)6-17(22)15-8-20-19(7-14(12)15)25-11-26-20/h4-8,10,12H,9,11H2,1-3H3/q+1. The second-order valence-corrected chi connectivity index (χ2v) is 6.81. The minimum Gasteiger partial charge on any atom is -0.493 e. The third-order valence-electron chi connectivity index (χ3n) is 5.33. The SMILES string of the molecule is COc1ccc2cc3[n+](cc2c1OC)CC(C)c1cc2c(cc1-3)OCO2. The molecule has 1 atom stereocenters. The predicted octanol–water partition coefficient (Wildman–Crippen LogP) is 3.66. The average molecular weight is 350 g/mol. The van der Waals surface area contributed by atoms with E-state index in [4.69, 9.17) is 18.9 Å². The van der Waals surface area contributed by atoms with E-state index in [-0.39, 0.29) is 0 Å². The number of hydrogen-bond acceptors (Lipinski definition) is 4. The van der Waals surface area contributed by atoms with Crippen molar-refractivity contribution in [3.63, 3.8) is 0 Å². The van der Waals surface area contributed by atoms with Crippen molar-refractivity contribution < 1.29 is 23.5 Å². The maximum Gasteiger partial charge on any atom is 0.231 e. The summed E-state index contributed by atoms with van der Waals surface area (Å²) in [4.78, 5) is 0. The van der Waals surface area contributed by atoms with Crippen molar-refractivity contribution in [2.24, 2.45) is 0 Å². The highest BCUT2D eigenvalue weighted by Gasteiger charge is 2.32. The van der Waals surface area contributed by atoms with Crippen LogP contribution in [-0.2, 0) is 6.54 Å². The topological polar surface area (TPSA) is 40.8 Å². The molecule has 3 aromatic rings. The zero-order valence-electron chi connectivity index (χ0n) is 15.0. The lowest BCUT2D eigenvalue weighted by molar-refractivity contribution is -0.689. The number of nitrogens with zero attached hydrogens (tertiary/aromatic N) is 1. The molecule has 5 rings (SSSR count). The summed E-state index contributed by atoms with van der Waals surface area (Å²) in [5.41, 5.74) is 3.68. The van der Waals surface area contributed by atoms with Crippen LogP contribution in [0.3, 0.4) is 0 Å². The summed E-state index contributed by atoms with van der Waals surface area (Å²) >= 11 is 0. The van der Waals surface area contributed by atoms with Gasteiger partial charge in [-0.15, -0.1) is 0 Å². The molecule has 2 aromatic carbocycles. The van der Waals surface area contributed by atoms with Crippen LogP contribution in [0.1, 0.15) is 18.4 Å². The molecule has 0 saturated carbocycles. The van der Waals surface area contributed by atoms with Crippen molar-refractivity contribution in [1.29, 1.82) is 0 Å². The van der Waals surface area contributed by atoms with E-state index in [1.165, 1.54) is 16.8 Å². The van der Waals surface area contributed by atoms with E-state index in [9.17, 15) is 0 Å². The van der Waals surface area contributed by atoms with Crippen molar-refractivity contribution >= 4 is 10.8 Å². The Morgan fingerprint density at radius 3 is 2.62 bits per heavy atom. The van der Waals surface area contributed by atoms with Gasteiger partial charge in [0.2, 0.25) is 12.5 Å². The molecule has 1 aromatic heterocycles. The Morgan fingerprint density at radius 1 is 1.04 bits per heavy atom. The van der Waals surface area contributed by atoms with Crippen LogP contribution < -0.4 is 23.5 Å². The largest absolute Gasteiger partial charge is 0.493 e. The fraction of sp³-hybridized carbons (Fsp3) is 0.286. The zero-order valence-corrected chi connectivity index (χ0v) is 15.0. The van der Waals surface area contributed by atoms with Gasteiger partial charge in [-0.05, 0) is 35.2 Å². The first-order valence-corrected chi connectivity index (χ1v) is 8.71. The maximum atomic E-state index is 5.62. The molecule has 0 bridgehead atoms. The minimum absolute atomic E-state index is 0.293. The minimum atomic E-state index is 0.293. The summed E-state index contributed by atoms with van der Waals surface area (Å²) in [6.07, 6.45) is 2.16. The third-order valence-corrected chi connectivity index (χ3v) is 5.33. The Morgan fingerprint density at radius 2 is 1.85 bits per heavy atom. The van der Waals surface area contributed by atoms with Gasteiger partial charge in [-0.3, -0.25) is 0 Å². The highest BCUT2D eigenvalue weighted by atomic mass is 16.7. The molecular weight excluding hydrogens is 330 g/mol. The molecular formula is C21H20NO4+. The monoisotopic (exact) mass is 350 g/mol. The summed E-state index contributed by atoms with van der Waals surface area (Å²) < 4.78 is 24.5. The molecule has 2 aliphatic rings. The van der Waals surface area contributed by atoms with Crippen LogP contribution in [0.2, 0.25) is 0 Å². The maximum absolute atomic E-state index is 5.62. The number of ether oxygens (including phenoxy) is 4. The van der Waals surface area contributed by atoms with Gasteiger partial charge in [0.15, 0.2) is 35.7 Å². The van der Waals surface area contributed by atoms with Crippen LogP contribution in [0.4, 0.5) is 0 Å². The lowest BCUT2D eigenvalue weighted by atomic mass is 9.88. The molecule has 0 amide bonds. The molecule has 2 aliphatic heterocycles. The van der Waals surface area contributed by atoms with Crippen molar-refractivity contribution in [2.45, 2.75) is 19.4 Å². The number of fused-ring (bicyclic) bond motifs is 5. The zero-order chi connectivity index (χ0) is 17.8. The Labute approximate surface area is 151 Å². The van der Waals surface area contributed by atoms with Gasteiger partial charge in [-0.2, -0.15) is 4.57 Å². The molecule has 0 N–H and O–H groups in total. The molecule has 5 nitrogen and oxygen atoms in total. The molecule has 0 fully saturated rings. The van der Waals surface area contributed by atoms with Gasteiger partial charge in [-0.25, -0.2) is 0 Å². The lowest BCUT2D eigenvalue weighted by Gasteiger charge is -2.21. The first kappa shape index (κ1) is 15.3. The first-order chi connectivity index (χ1) is 12.7. The Balaban J connectivity index is 1.78. The molecule has 132 valence electrons. The van der Waals surface area contributed by atoms with Gasteiger partial charge >= 0.3 is 0 Å². The number of benzene rings is 2. The van der Waals surface area contributed by atoms with Gasteiger partial charge in [0.25, 0.3) is 0 Å². The number of hydrogen-bond donors (Lipinski definition) is 0. The number of rotatable bonds is 2. The molecule has 0 spiro atoms. The van der Waals surface area contributed by atoms with Crippen molar-refractivity contribution in [3.05, 3.63) is 42.1 Å². The van der Waals surface area contributed by atoms with Crippen LogP contribution in [0, 0.1) is 0 Å². The molecule has 5 heteroatoms. The van der Waals surface area contributed by atoms with Gasteiger partial charge in [0.05, 0.1) is 25.2 Å². The fourth-order valence-corrected chi connectivity index (χ4v) is 4.04. The normalized spacial score (nSPS) is 17.0. The molecule has 0 radical (unpaired) electrons. The summed E-state index contributed by atoms with van der Waals surface area (Å²) in [5.74, 6) is 3.55. The quantitative estimate of drug-likeness (QED) is 0.662. The van der Waals surface area contributed by atoms with Gasteiger partial charge in [-0.1, -0.05) is 6.92 Å². The van der Waals surface area contributed by atoms with Gasteiger partial charge < -0.3 is 18.9 Å². The van der Waals surface area contributed by atoms with Gasteiger partial charge in [0, 0.05) is 12.0 Å². The molecule has 26 heavy (non-hydrogen) atoms. The smallest absolute Gasteiger partial charge is 0.231 e. The van der Waals surface area contributed by atoms with Crippen LogP contribution in [-0.4, -0.2) is 21.0 Å². The van der Waals surface area contributed by atoms with E-state index in [0.29, 0.717) is 12.7 Å². The highest BCUT2D eigenvalue weighted by Crippen LogP contribution is 2.44.